The molecule has 4 heterocycles. The number of rotatable bonds is 2. The molecule has 3 aliphatic rings. The summed E-state index contributed by atoms with van der Waals surface area (Å²) in [7, 11) is 0. The molecule has 1 fully saturated rings. The molecule has 7 nitrogen and oxygen atoms in total. The lowest BCUT2D eigenvalue weighted by molar-refractivity contribution is -0.133. The zero-order valence-electron chi connectivity index (χ0n) is 21.7. The van der Waals surface area contributed by atoms with Crippen LogP contribution in [0.25, 0.3) is 11.0 Å². The van der Waals surface area contributed by atoms with Gasteiger partial charge in [0.25, 0.3) is 5.91 Å². The van der Waals surface area contributed by atoms with Gasteiger partial charge in [-0.05, 0) is 30.3 Å². The van der Waals surface area contributed by atoms with Gasteiger partial charge in [0.1, 0.15) is 11.6 Å². The minimum absolute atomic E-state index is 0.00947. The fraction of sp³-hybridized carbons (Fsp3) is 0.346. The third-order valence-electron chi connectivity index (χ3n) is 6.90. The molecule has 178 valence electrons. The number of ether oxygens (including phenoxy) is 1. The molecule has 2 atom stereocenters. The van der Waals surface area contributed by atoms with Crippen LogP contribution in [0.3, 0.4) is 0 Å². The topological polar surface area (TPSA) is 67.7 Å². The van der Waals surface area contributed by atoms with Crippen molar-refractivity contribution in [2.75, 3.05) is 20.1 Å². The Hall–Kier alpha value is -3.93. The van der Waals surface area contributed by atoms with Crippen molar-refractivity contribution in [2.24, 2.45) is 5.92 Å². The fourth-order valence-corrected chi connectivity index (χ4v) is 5.20. The first kappa shape index (κ1) is 18.4. The molecule has 2 bridgehead atoms. The first-order valence-electron chi connectivity index (χ1n) is 12.7. The molecule has 0 spiro atoms. The summed E-state index contributed by atoms with van der Waals surface area (Å²) in [4.78, 5) is 32.1. The summed E-state index contributed by atoms with van der Waals surface area (Å²) < 4.78 is 57.5. The van der Waals surface area contributed by atoms with Crippen LogP contribution in [0.15, 0.2) is 36.4 Å². The number of fused-ring (bicyclic) bond motifs is 9. The normalized spacial score (nSPS) is 22.4. The predicted octanol–water partition coefficient (Wildman–Crippen LogP) is 3.59. The smallest absolute Gasteiger partial charge is 0.387 e. The average molecular weight is 480 g/mol. The molecular weight excluding hydrogens is 454 g/mol. The van der Waals surface area contributed by atoms with Gasteiger partial charge in [-0.1, -0.05) is 17.9 Å². The molecule has 0 N–H and O–H groups in total. The van der Waals surface area contributed by atoms with Crippen LogP contribution in [-0.2, 0) is 4.79 Å². The Labute approximate surface area is 204 Å². The van der Waals surface area contributed by atoms with Gasteiger partial charge < -0.3 is 19.1 Å². The van der Waals surface area contributed by atoms with Crippen LogP contribution < -0.4 is 4.74 Å². The van der Waals surface area contributed by atoms with E-state index < -0.39 is 31.6 Å². The summed E-state index contributed by atoms with van der Waals surface area (Å²) in [6.07, 6.45) is 0.151. The van der Waals surface area contributed by atoms with Gasteiger partial charge >= 0.3 is 6.61 Å². The zero-order chi connectivity index (χ0) is 26.9. The number of aromatic nitrogens is 2. The number of halogens is 2. The minimum Gasteiger partial charge on any atom is -0.434 e. The molecule has 6 rings (SSSR count). The number of hydrogen-bond acceptors (Lipinski definition) is 4. The van der Waals surface area contributed by atoms with Crippen molar-refractivity contribution in [1.29, 1.82) is 0 Å². The highest BCUT2D eigenvalue weighted by Crippen LogP contribution is 2.49. The Balaban J connectivity index is 1.49. The van der Waals surface area contributed by atoms with E-state index in [4.69, 9.17) is 8.85 Å². The molecule has 0 radical (unpaired) electrons. The predicted molar refractivity (Wildman–Crippen MR) is 123 cm³/mol. The van der Waals surface area contributed by atoms with E-state index in [1.807, 2.05) is 10.6 Å². The summed E-state index contributed by atoms with van der Waals surface area (Å²) in [6, 6.07) is 8.05. The van der Waals surface area contributed by atoms with Crippen molar-refractivity contribution < 1.29 is 27.2 Å². The molecular formula is C26H22F2N4O3. The molecule has 2 amide bonds. The van der Waals surface area contributed by atoms with Crippen LogP contribution in [0.2, 0.25) is 0 Å². The largest absolute Gasteiger partial charge is 0.434 e. The van der Waals surface area contributed by atoms with Crippen LogP contribution in [-0.4, -0.2) is 57.8 Å². The number of alkyl halides is 2. The molecule has 1 saturated heterocycles. The maximum absolute atomic E-state index is 13.5. The van der Waals surface area contributed by atoms with Crippen molar-refractivity contribution >= 4 is 22.8 Å². The van der Waals surface area contributed by atoms with Crippen molar-refractivity contribution in [3.05, 3.63) is 58.9 Å². The van der Waals surface area contributed by atoms with E-state index in [1.165, 1.54) is 25.1 Å². The Morgan fingerprint density at radius 3 is 2.83 bits per heavy atom. The second-order valence-corrected chi connectivity index (χ2v) is 8.97. The first-order valence-corrected chi connectivity index (χ1v) is 11.2. The van der Waals surface area contributed by atoms with Gasteiger partial charge in [0.15, 0.2) is 0 Å². The quantitative estimate of drug-likeness (QED) is 0.527. The van der Waals surface area contributed by atoms with E-state index in [9.17, 15) is 18.4 Å². The molecule has 0 aliphatic carbocycles. The Morgan fingerprint density at radius 1 is 1.26 bits per heavy atom. The summed E-state index contributed by atoms with van der Waals surface area (Å²) >= 11 is 0. The average Bonchev–Trinajstić information content (AvgIpc) is 3.29. The lowest BCUT2D eigenvalue weighted by atomic mass is 9.97. The van der Waals surface area contributed by atoms with Crippen molar-refractivity contribution in [1.82, 2.24) is 19.4 Å². The first-order chi connectivity index (χ1) is 18.0. The van der Waals surface area contributed by atoms with E-state index in [0.717, 1.165) is 4.90 Å². The van der Waals surface area contributed by atoms with Crippen molar-refractivity contribution in [3.63, 3.8) is 0 Å². The number of hydrogen-bond donors (Lipinski definition) is 0. The molecule has 1 aromatic heterocycles. The number of imidazole rings is 1. The summed E-state index contributed by atoms with van der Waals surface area (Å²) in [5, 5.41) is 0. The lowest BCUT2D eigenvalue weighted by Crippen LogP contribution is -2.48. The highest BCUT2D eigenvalue weighted by Gasteiger charge is 2.45. The molecule has 3 aromatic rings. The van der Waals surface area contributed by atoms with Gasteiger partial charge in [0, 0.05) is 54.2 Å². The summed E-state index contributed by atoms with van der Waals surface area (Å²) in [6.45, 7) is -3.22. The molecule has 2 aromatic carbocycles. The van der Waals surface area contributed by atoms with Gasteiger partial charge in [0.05, 0.1) is 29.0 Å². The lowest BCUT2D eigenvalue weighted by Gasteiger charge is -2.35. The second-order valence-electron chi connectivity index (χ2n) is 8.97. The Morgan fingerprint density at radius 2 is 2.09 bits per heavy atom. The summed E-state index contributed by atoms with van der Waals surface area (Å²) in [5.41, 5.74) is 2.14. The standard InChI is InChI=1S/C26H22F2N4O3/c1-14(33)31-12-16(13-31)7-6-15-8-9-18-19(10-15)32-20-11-21(24(32)29-18)30(2)25(34)17-4-3-5-22(23(17)20)35-26(27)28/h3-5,8-10,16,20-21,26H,11-13H2,1-2H3/t20-,21-/m1/s1/i2D3. The van der Waals surface area contributed by atoms with Gasteiger partial charge in [-0.3, -0.25) is 9.59 Å². The van der Waals surface area contributed by atoms with Crippen LogP contribution in [0, 0.1) is 17.8 Å². The Bertz CT molecular complexity index is 1550. The van der Waals surface area contributed by atoms with Crippen LogP contribution >= 0.6 is 0 Å². The number of nitrogens with zero attached hydrogens (tertiary/aromatic N) is 4. The molecule has 9 heteroatoms. The molecule has 0 unspecified atom stereocenters. The van der Waals surface area contributed by atoms with E-state index in [1.54, 1.807) is 17.0 Å². The van der Waals surface area contributed by atoms with E-state index in [0.29, 0.717) is 35.5 Å². The van der Waals surface area contributed by atoms with Crippen molar-refractivity contribution in [2.45, 2.75) is 32.0 Å². The Kier molecular flexibility index (Phi) is 4.10. The van der Waals surface area contributed by atoms with Crippen LogP contribution in [0.5, 0.6) is 5.75 Å². The number of likely N-dealkylation sites (tertiary alicyclic amines) is 1. The number of amides is 2. The van der Waals surface area contributed by atoms with Gasteiger partial charge in [-0.25, -0.2) is 4.98 Å². The monoisotopic (exact) mass is 479 g/mol. The highest BCUT2D eigenvalue weighted by atomic mass is 19.3. The molecule has 3 aliphatic heterocycles. The number of carbonyl (C=O) groups is 2. The van der Waals surface area contributed by atoms with E-state index in [-0.39, 0.29) is 35.1 Å². The minimum atomic E-state index is -3.12. The fourth-order valence-electron chi connectivity index (χ4n) is 5.20. The van der Waals surface area contributed by atoms with Gasteiger partial charge in [0.2, 0.25) is 5.91 Å². The van der Waals surface area contributed by atoms with E-state index in [2.05, 4.69) is 16.8 Å². The van der Waals surface area contributed by atoms with Crippen LogP contribution in [0.4, 0.5) is 8.78 Å². The van der Waals surface area contributed by atoms with Gasteiger partial charge in [-0.15, -0.1) is 0 Å². The summed E-state index contributed by atoms with van der Waals surface area (Å²) in [5.74, 6) is 5.82. The SMILES string of the molecule is [2H]C([2H])([2H])N1C(=O)c2cccc(OC(F)F)c2[C@H]2C[C@@H]1c1nc3ccc(C#CC4CN(C(C)=O)C4)cc3n12. The maximum atomic E-state index is 13.5. The number of benzene rings is 2. The zero-order valence-corrected chi connectivity index (χ0v) is 18.7. The van der Waals surface area contributed by atoms with E-state index >= 15 is 0 Å². The maximum Gasteiger partial charge on any atom is 0.387 e. The van der Waals surface area contributed by atoms with Gasteiger partial charge in [-0.2, -0.15) is 8.78 Å². The molecule has 35 heavy (non-hydrogen) atoms. The third-order valence-corrected chi connectivity index (χ3v) is 6.90. The third kappa shape index (κ3) is 3.35. The molecule has 0 saturated carbocycles. The second kappa shape index (κ2) is 7.80. The highest BCUT2D eigenvalue weighted by molar-refractivity contribution is 5.97. The van der Waals surface area contributed by atoms with Crippen molar-refractivity contribution in [3.8, 4) is 17.6 Å². The number of carbonyl (C=O) groups excluding carboxylic acids is 2. The van der Waals surface area contributed by atoms with Crippen LogP contribution in [0.1, 0.15) is 56.8 Å².